The standard InChI is InChI=1S/C17H33N3O2/c1-17(2,3)22-16(21)20-9-8-13(12-20)11-19-15-7-5-4-6-14(15)10-18/h13-15,19H,4-12,18H2,1-3H3. The Morgan fingerprint density at radius 2 is 2.00 bits per heavy atom. The van der Waals surface area contributed by atoms with E-state index in [4.69, 9.17) is 10.5 Å². The Hall–Kier alpha value is -0.810. The lowest BCUT2D eigenvalue weighted by molar-refractivity contribution is 0.0288. The predicted octanol–water partition coefficient (Wildman–Crippen LogP) is 2.35. The number of hydrogen-bond acceptors (Lipinski definition) is 4. The molecule has 1 saturated heterocycles. The van der Waals surface area contributed by atoms with Crippen molar-refractivity contribution in [1.29, 1.82) is 0 Å². The number of likely N-dealkylation sites (tertiary alicyclic amines) is 1. The Morgan fingerprint density at radius 1 is 1.27 bits per heavy atom. The predicted molar refractivity (Wildman–Crippen MR) is 88.7 cm³/mol. The fraction of sp³-hybridized carbons (Fsp3) is 0.941. The van der Waals surface area contributed by atoms with Crippen molar-refractivity contribution < 1.29 is 9.53 Å². The summed E-state index contributed by atoms with van der Waals surface area (Å²) in [6, 6.07) is 0.564. The van der Waals surface area contributed by atoms with Gasteiger partial charge in [-0.15, -0.1) is 0 Å². The summed E-state index contributed by atoms with van der Waals surface area (Å²) in [6.07, 6.45) is 6.01. The lowest BCUT2D eigenvalue weighted by Crippen LogP contribution is -2.44. The van der Waals surface area contributed by atoms with Gasteiger partial charge in [-0.2, -0.15) is 0 Å². The van der Waals surface area contributed by atoms with E-state index in [0.717, 1.165) is 32.6 Å². The first-order valence-electron chi connectivity index (χ1n) is 8.80. The summed E-state index contributed by atoms with van der Waals surface area (Å²) in [4.78, 5) is 13.9. The van der Waals surface area contributed by atoms with Gasteiger partial charge in [-0.25, -0.2) is 4.79 Å². The zero-order chi connectivity index (χ0) is 16.2. The second kappa shape index (κ2) is 7.64. The highest BCUT2D eigenvalue weighted by Crippen LogP contribution is 2.25. The molecule has 0 bridgehead atoms. The normalized spacial score (nSPS) is 29.6. The molecule has 3 atom stereocenters. The molecule has 1 heterocycles. The molecule has 0 aromatic rings. The zero-order valence-electron chi connectivity index (χ0n) is 14.4. The first-order chi connectivity index (χ1) is 10.4. The molecule has 5 nitrogen and oxygen atoms in total. The van der Waals surface area contributed by atoms with Crippen LogP contribution in [0.5, 0.6) is 0 Å². The molecule has 3 N–H and O–H groups in total. The van der Waals surface area contributed by atoms with Gasteiger partial charge in [0, 0.05) is 19.1 Å². The van der Waals surface area contributed by atoms with Crippen LogP contribution in [0.1, 0.15) is 52.9 Å². The van der Waals surface area contributed by atoms with Crippen molar-refractivity contribution in [1.82, 2.24) is 10.2 Å². The summed E-state index contributed by atoms with van der Waals surface area (Å²) in [6.45, 7) is 9.13. The molecular formula is C17H33N3O2. The summed E-state index contributed by atoms with van der Waals surface area (Å²) in [7, 11) is 0. The van der Waals surface area contributed by atoms with Crippen molar-refractivity contribution >= 4 is 6.09 Å². The molecule has 2 aliphatic rings. The van der Waals surface area contributed by atoms with Crippen LogP contribution < -0.4 is 11.1 Å². The lowest BCUT2D eigenvalue weighted by atomic mass is 9.84. The summed E-state index contributed by atoms with van der Waals surface area (Å²) < 4.78 is 5.45. The molecule has 22 heavy (non-hydrogen) atoms. The van der Waals surface area contributed by atoms with Gasteiger partial charge in [-0.05, 0) is 65.0 Å². The third-order valence-corrected chi connectivity index (χ3v) is 4.82. The molecule has 128 valence electrons. The van der Waals surface area contributed by atoms with Crippen LogP contribution in [0.3, 0.4) is 0 Å². The smallest absolute Gasteiger partial charge is 0.410 e. The second-order valence-electron chi connectivity index (χ2n) is 7.88. The van der Waals surface area contributed by atoms with Gasteiger partial charge in [-0.1, -0.05) is 12.8 Å². The molecule has 2 rings (SSSR count). The minimum absolute atomic E-state index is 0.174. The topological polar surface area (TPSA) is 67.6 Å². The van der Waals surface area contributed by atoms with Crippen LogP contribution in [-0.4, -0.2) is 48.8 Å². The molecule has 0 aromatic carbocycles. The molecule has 3 unspecified atom stereocenters. The minimum atomic E-state index is -0.413. The Morgan fingerprint density at radius 3 is 2.68 bits per heavy atom. The molecule has 5 heteroatoms. The summed E-state index contributed by atoms with van der Waals surface area (Å²) in [5.74, 6) is 1.16. The van der Waals surface area contributed by atoms with Crippen molar-refractivity contribution in [2.75, 3.05) is 26.2 Å². The number of nitrogens with one attached hydrogen (secondary N) is 1. The SMILES string of the molecule is CC(C)(C)OC(=O)N1CCC(CNC2CCCCC2CN)C1. The van der Waals surface area contributed by atoms with E-state index in [1.807, 2.05) is 25.7 Å². The number of nitrogens with zero attached hydrogens (tertiary/aromatic N) is 1. The summed E-state index contributed by atoms with van der Waals surface area (Å²) >= 11 is 0. The van der Waals surface area contributed by atoms with Crippen molar-refractivity contribution in [2.24, 2.45) is 17.6 Å². The van der Waals surface area contributed by atoms with E-state index in [0.29, 0.717) is 17.9 Å². The molecule has 1 aliphatic heterocycles. The van der Waals surface area contributed by atoms with Crippen molar-refractivity contribution in [3.8, 4) is 0 Å². The van der Waals surface area contributed by atoms with Crippen LogP contribution in [0.25, 0.3) is 0 Å². The maximum Gasteiger partial charge on any atom is 0.410 e. The van der Waals surface area contributed by atoms with E-state index in [1.54, 1.807) is 0 Å². The number of carbonyl (C=O) groups is 1. The lowest BCUT2D eigenvalue weighted by Gasteiger charge is -2.32. The quantitative estimate of drug-likeness (QED) is 0.836. The Balaban J connectivity index is 1.73. The van der Waals surface area contributed by atoms with Crippen LogP contribution in [-0.2, 0) is 4.74 Å². The van der Waals surface area contributed by atoms with Gasteiger partial charge in [-0.3, -0.25) is 0 Å². The largest absolute Gasteiger partial charge is 0.444 e. The number of nitrogens with two attached hydrogens (primary N) is 1. The van der Waals surface area contributed by atoms with Crippen LogP contribution in [0.2, 0.25) is 0 Å². The molecule has 2 fully saturated rings. The van der Waals surface area contributed by atoms with Gasteiger partial charge in [0.1, 0.15) is 5.60 Å². The number of ether oxygens (including phenoxy) is 1. The van der Waals surface area contributed by atoms with E-state index >= 15 is 0 Å². The van der Waals surface area contributed by atoms with Gasteiger partial charge in [0.15, 0.2) is 0 Å². The highest BCUT2D eigenvalue weighted by Gasteiger charge is 2.31. The number of rotatable bonds is 4. The summed E-state index contributed by atoms with van der Waals surface area (Å²) in [5.41, 5.74) is 5.48. The second-order valence-corrected chi connectivity index (χ2v) is 7.88. The van der Waals surface area contributed by atoms with E-state index < -0.39 is 5.60 Å². The molecule has 0 radical (unpaired) electrons. The summed E-state index contributed by atoms with van der Waals surface area (Å²) in [5, 5.41) is 3.71. The fourth-order valence-electron chi connectivity index (χ4n) is 3.57. The van der Waals surface area contributed by atoms with E-state index in [2.05, 4.69) is 5.32 Å². The molecule has 1 amide bonds. The maximum absolute atomic E-state index is 12.1. The van der Waals surface area contributed by atoms with E-state index in [9.17, 15) is 4.79 Å². The average Bonchev–Trinajstić information content (AvgIpc) is 2.92. The number of amides is 1. The molecule has 1 aliphatic carbocycles. The third kappa shape index (κ3) is 5.13. The Bertz CT molecular complexity index is 367. The van der Waals surface area contributed by atoms with Crippen molar-refractivity contribution in [2.45, 2.75) is 64.5 Å². The number of carbonyl (C=O) groups excluding carboxylic acids is 1. The minimum Gasteiger partial charge on any atom is -0.444 e. The van der Waals surface area contributed by atoms with Gasteiger partial charge in [0.05, 0.1) is 0 Å². The Labute approximate surface area is 134 Å². The highest BCUT2D eigenvalue weighted by molar-refractivity contribution is 5.68. The van der Waals surface area contributed by atoms with Crippen LogP contribution in [0.15, 0.2) is 0 Å². The highest BCUT2D eigenvalue weighted by atomic mass is 16.6. The Kier molecular flexibility index (Phi) is 6.09. The molecule has 1 saturated carbocycles. The van der Waals surface area contributed by atoms with E-state index in [1.165, 1.54) is 25.7 Å². The molecule has 0 aromatic heterocycles. The van der Waals surface area contributed by atoms with Crippen LogP contribution in [0, 0.1) is 11.8 Å². The first-order valence-corrected chi connectivity index (χ1v) is 8.80. The van der Waals surface area contributed by atoms with Gasteiger partial charge in [0.25, 0.3) is 0 Å². The van der Waals surface area contributed by atoms with Crippen molar-refractivity contribution in [3.63, 3.8) is 0 Å². The van der Waals surface area contributed by atoms with Gasteiger partial charge >= 0.3 is 6.09 Å². The maximum atomic E-state index is 12.1. The third-order valence-electron chi connectivity index (χ3n) is 4.82. The zero-order valence-corrected chi connectivity index (χ0v) is 14.4. The van der Waals surface area contributed by atoms with Gasteiger partial charge < -0.3 is 20.7 Å². The monoisotopic (exact) mass is 311 g/mol. The molecular weight excluding hydrogens is 278 g/mol. The molecule has 0 spiro atoms. The van der Waals surface area contributed by atoms with Crippen LogP contribution in [0.4, 0.5) is 4.79 Å². The first kappa shape index (κ1) is 17.5. The van der Waals surface area contributed by atoms with Crippen LogP contribution >= 0.6 is 0 Å². The number of hydrogen-bond donors (Lipinski definition) is 2. The van der Waals surface area contributed by atoms with Gasteiger partial charge in [0.2, 0.25) is 0 Å². The fourth-order valence-corrected chi connectivity index (χ4v) is 3.57. The van der Waals surface area contributed by atoms with Crippen molar-refractivity contribution in [3.05, 3.63) is 0 Å². The van der Waals surface area contributed by atoms with E-state index in [-0.39, 0.29) is 6.09 Å². The average molecular weight is 311 g/mol.